The van der Waals surface area contributed by atoms with Gasteiger partial charge in [-0.2, -0.15) is 0 Å². The zero-order chi connectivity index (χ0) is 23.4. The lowest BCUT2D eigenvalue weighted by atomic mass is 9.93. The van der Waals surface area contributed by atoms with Crippen LogP contribution in [-0.4, -0.2) is 41.8 Å². The van der Waals surface area contributed by atoms with Crippen LogP contribution in [0.4, 0.5) is 4.79 Å². The van der Waals surface area contributed by atoms with Crippen LogP contribution in [0.2, 0.25) is 0 Å². The van der Waals surface area contributed by atoms with Crippen molar-refractivity contribution < 1.29 is 24.2 Å². The van der Waals surface area contributed by atoms with Gasteiger partial charge in [0.05, 0.1) is 5.92 Å². The van der Waals surface area contributed by atoms with E-state index in [0.29, 0.717) is 12.8 Å². The van der Waals surface area contributed by atoms with Gasteiger partial charge in [0.2, 0.25) is 5.91 Å². The van der Waals surface area contributed by atoms with Crippen LogP contribution in [-0.2, 0) is 14.3 Å². The summed E-state index contributed by atoms with van der Waals surface area (Å²) >= 11 is 0. The number of hydrogen-bond acceptors (Lipinski definition) is 4. The van der Waals surface area contributed by atoms with E-state index in [1.54, 1.807) is 0 Å². The van der Waals surface area contributed by atoms with Gasteiger partial charge in [0.25, 0.3) is 0 Å². The summed E-state index contributed by atoms with van der Waals surface area (Å²) in [5.41, 5.74) is 4.60. The number of ether oxygens (including phenoxy) is 1. The van der Waals surface area contributed by atoms with Crippen molar-refractivity contribution in [3.05, 3.63) is 59.7 Å². The van der Waals surface area contributed by atoms with E-state index in [1.807, 2.05) is 24.3 Å². The van der Waals surface area contributed by atoms with E-state index >= 15 is 0 Å². The largest absolute Gasteiger partial charge is 0.480 e. The smallest absolute Gasteiger partial charge is 0.407 e. The normalized spacial score (nSPS) is 20.6. The van der Waals surface area contributed by atoms with Gasteiger partial charge in [-0.15, -0.1) is 0 Å². The van der Waals surface area contributed by atoms with Crippen LogP contribution in [0.25, 0.3) is 11.1 Å². The molecule has 3 atom stereocenters. The number of rotatable bonds is 6. The number of aliphatic carboxylic acids is 1. The highest BCUT2D eigenvalue weighted by molar-refractivity contribution is 5.85. The lowest BCUT2D eigenvalue weighted by Crippen LogP contribution is -2.49. The second kappa shape index (κ2) is 10.1. The fraction of sp³-hybridized carbons (Fsp3) is 0.423. The molecular formula is C26H30N2O5. The fourth-order valence-electron chi connectivity index (χ4n) is 4.97. The summed E-state index contributed by atoms with van der Waals surface area (Å²) in [5, 5.41) is 14.5. The van der Waals surface area contributed by atoms with E-state index in [-0.39, 0.29) is 24.5 Å². The summed E-state index contributed by atoms with van der Waals surface area (Å²) in [6, 6.07) is 14.9. The Morgan fingerprint density at radius 1 is 0.970 bits per heavy atom. The Bertz CT molecular complexity index is 991. The average Bonchev–Trinajstić information content (AvgIpc) is 2.94. The molecule has 2 aliphatic carbocycles. The first-order valence-corrected chi connectivity index (χ1v) is 11.6. The Hall–Kier alpha value is -3.35. The molecule has 4 rings (SSSR count). The summed E-state index contributed by atoms with van der Waals surface area (Å²) in [6.07, 6.45) is 3.44. The summed E-state index contributed by atoms with van der Waals surface area (Å²) in [6.45, 7) is 1.64. The van der Waals surface area contributed by atoms with E-state index in [4.69, 9.17) is 9.84 Å². The number of nitrogens with one attached hydrogen (secondary N) is 2. The van der Waals surface area contributed by atoms with Crippen LogP contribution in [0, 0.1) is 5.92 Å². The first kappa shape index (κ1) is 22.8. The van der Waals surface area contributed by atoms with Crippen LogP contribution in [0.15, 0.2) is 48.5 Å². The minimum Gasteiger partial charge on any atom is -0.480 e. The van der Waals surface area contributed by atoms with Crippen molar-refractivity contribution in [1.82, 2.24) is 10.6 Å². The van der Waals surface area contributed by atoms with Crippen molar-refractivity contribution in [2.45, 2.75) is 57.0 Å². The highest BCUT2D eigenvalue weighted by atomic mass is 16.5. The van der Waals surface area contributed by atoms with E-state index in [0.717, 1.165) is 41.5 Å². The second-order valence-electron chi connectivity index (χ2n) is 8.89. The van der Waals surface area contributed by atoms with Crippen molar-refractivity contribution in [2.24, 2.45) is 5.92 Å². The van der Waals surface area contributed by atoms with E-state index < -0.39 is 24.0 Å². The Balaban J connectivity index is 1.41. The summed E-state index contributed by atoms with van der Waals surface area (Å²) in [5.74, 6) is -1.93. The zero-order valence-corrected chi connectivity index (χ0v) is 18.8. The minimum absolute atomic E-state index is 0.0344. The van der Waals surface area contributed by atoms with Crippen molar-refractivity contribution in [2.75, 3.05) is 6.61 Å². The predicted molar refractivity (Wildman–Crippen MR) is 124 cm³/mol. The van der Waals surface area contributed by atoms with Gasteiger partial charge in [0.1, 0.15) is 12.6 Å². The Morgan fingerprint density at radius 3 is 2.21 bits per heavy atom. The van der Waals surface area contributed by atoms with Crippen LogP contribution >= 0.6 is 0 Å². The van der Waals surface area contributed by atoms with Crippen LogP contribution in [0.3, 0.4) is 0 Å². The van der Waals surface area contributed by atoms with E-state index in [2.05, 4.69) is 34.9 Å². The molecule has 1 fully saturated rings. The summed E-state index contributed by atoms with van der Waals surface area (Å²) in [4.78, 5) is 36.6. The van der Waals surface area contributed by atoms with Gasteiger partial charge in [-0.1, -0.05) is 67.8 Å². The molecule has 2 aliphatic rings. The quantitative estimate of drug-likeness (QED) is 0.576. The third-order valence-corrected chi connectivity index (χ3v) is 6.73. The highest BCUT2D eigenvalue weighted by Gasteiger charge is 2.33. The number of carboxylic acids is 1. The molecule has 0 saturated heterocycles. The van der Waals surface area contributed by atoms with E-state index in [1.165, 1.54) is 6.92 Å². The first-order valence-electron chi connectivity index (χ1n) is 11.6. The zero-order valence-electron chi connectivity index (χ0n) is 18.8. The molecule has 0 aliphatic heterocycles. The molecule has 174 valence electrons. The predicted octanol–water partition coefficient (Wildman–Crippen LogP) is 4.06. The standard InChI is InChI=1S/C26H30N2O5/c1-16(25(30)31)27-24(29)21-13-3-2-4-14-23(21)28-26(32)33-15-22-19-11-7-5-9-17(19)18-10-6-8-12-20(18)22/h5-12,16,21-23H,2-4,13-15H2,1H3,(H,27,29)(H,28,32)(H,30,31)/t16-,21+,23-/m1/s1. The minimum atomic E-state index is -1.09. The van der Waals surface area contributed by atoms with Crippen LogP contribution in [0.1, 0.15) is 56.1 Å². The number of carbonyl (C=O) groups excluding carboxylic acids is 2. The summed E-state index contributed by atoms with van der Waals surface area (Å²) < 4.78 is 5.65. The number of amides is 2. The third kappa shape index (κ3) is 5.02. The maximum Gasteiger partial charge on any atom is 0.407 e. The molecule has 0 spiro atoms. The Morgan fingerprint density at radius 2 is 1.58 bits per heavy atom. The Kier molecular flexibility index (Phi) is 6.96. The molecule has 0 heterocycles. The van der Waals surface area contributed by atoms with E-state index in [9.17, 15) is 14.4 Å². The molecule has 7 nitrogen and oxygen atoms in total. The number of benzene rings is 2. The molecule has 0 aromatic heterocycles. The molecule has 2 aromatic rings. The van der Waals surface area contributed by atoms with Crippen molar-refractivity contribution in [1.29, 1.82) is 0 Å². The number of alkyl carbamates (subject to hydrolysis) is 1. The van der Waals surface area contributed by atoms with Crippen molar-refractivity contribution in [3.8, 4) is 11.1 Å². The lowest BCUT2D eigenvalue weighted by Gasteiger charge is -2.26. The molecule has 1 saturated carbocycles. The molecule has 2 amide bonds. The highest BCUT2D eigenvalue weighted by Crippen LogP contribution is 2.44. The lowest BCUT2D eigenvalue weighted by molar-refractivity contribution is -0.142. The van der Waals surface area contributed by atoms with Gasteiger partial charge in [-0.05, 0) is 42.0 Å². The van der Waals surface area contributed by atoms with Crippen molar-refractivity contribution >= 4 is 18.0 Å². The number of hydrogen-bond donors (Lipinski definition) is 3. The topological polar surface area (TPSA) is 105 Å². The number of carboxylic acid groups (broad SMARTS) is 1. The number of fused-ring (bicyclic) bond motifs is 3. The number of carbonyl (C=O) groups is 3. The third-order valence-electron chi connectivity index (χ3n) is 6.73. The molecule has 0 unspecified atom stereocenters. The second-order valence-corrected chi connectivity index (χ2v) is 8.89. The molecule has 0 radical (unpaired) electrons. The maximum absolute atomic E-state index is 12.7. The van der Waals surface area contributed by atoms with Gasteiger partial charge in [0, 0.05) is 12.0 Å². The van der Waals surface area contributed by atoms with Gasteiger partial charge >= 0.3 is 12.1 Å². The van der Waals surface area contributed by atoms with Gasteiger partial charge in [-0.25, -0.2) is 4.79 Å². The first-order chi connectivity index (χ1) is 16.0. The monoisotopic (exact) mass is 450 g/mol. The molecule has 7 heteroatoms. The van der Waals surface area contributed by atoms with Crippen molar-refractivity contribution in [3.63, 3.8) is 0 Å². The van der Waals surface area contributed by atoms with Crippen LogP contribution in [0.5, 0.6) is 0 Å². The fourth-order valence-corrected chi connectivity index (χ4v) is 4.97. The van der Waals surface area contributed by atoms with Gasteiger partial charge in [0.15, 0.2) is 0 Å². The molecule has 2 aromatic carbocycles. The molecule has 0 bridgehead atoms. The molecule has 3 N–H and O–H groups in total. The average molecular weight is 451 g/mol. The molecular weight excluding hydrogens is 420 g/mol. The summed E-state index contributed by atoms with van der Waals surface area (Å²) in [7, 11) is 0. The Labute approximate surface area is 193 Å². The molecule has 33 heavy (non-hydrogen) atoms. The van der Waals surface area contributed by atoms with Gasteiger partial charge in [-0.3, -0.25) is 9.59 Å². The van der Waals surface area contributed by atoms with Crippen LogP contribution < -0.4 is 10.6 Å². The SMILES string of the molecule is C[C@@H](NC(=O)[C@H]1CCCCC[C@H]1NC(=O)OCC1c2ccccc2-c2ccccc21)C(=O)O. The maximum atomic E-state index is 12.7. The van der Waals surface area contributed by atoms with Gasteiger partial charge < -0.3 is 20.5 Å².